The SMILES string of the molecule is CC1CN(c2ncnc(Cl)c2CO)CCO1. The minimum absolute atomic E-state index is 0.152. The summed E-state index contributed by atoms with van der Waals surface area (Å²) >= 11 is 5.92. The number of hydrogen-bond acceptors (Lipinski definition) is 5. The molecule has 0 spiro atoms. The van der Waals surface area contributed by atoms with Crippen molar-refractivity contribution < 1.29 is 9.84 Å². The van der Waals surface area contributed by atoms with Gasteiger partial charge in [0, 0.05) is 13.1 Å². The van der Waals surface area contributed by atoms with Gasteiger partial charge in [-0.15, -0.1) is 0 Å². The summed E-state index contributed by atoms with van der Waals surface area (Å²) in [5, 5.41) is 9.59. The predicted molar refractivity (Wildman–Crippen MR) is 60.6 cm³/mol. The van der Waals surface area contributed by atoms with Gasteiger partial charge >= 0.3 is 0 Å². The fourth-order valence-electron chi connectivity index (χ4n) is 1.80. The average molecular weight is 244 g/mol. The number of halogens is 1. The van der Waals surface area contributed by atoms with E-state index in [9.17, 15) is 5.11 Å². The number of rotatable bonds is 2. The van der Waals surface area contributed by atoms with Gasteiger partial charge in [-0.25, -0.2) is 9.97 Å². The van der Waals surface area contributed by atoms with E-state index in [1.165, 1.54) is 6.33 Å². The molecule has 0 aliphatic carbocycles. The van der Waals surface area contributed by atoms with Crippen molar-refractivity contribution >= 4 is 17.4 Å². The van der Waals surface area contributed by atoms with Crippen molar-refractivity contribution in [1.29, 1.82) is 0 Å². The van der Waals surface area contributed by atoms with Gasteiger partial charge in [-0.3, -0.25) is 0 Å². The Morgan fingerprint density at radius 3 is 3.12 bits per heavy atom. The summed E-state index contributed by atoms with van der Waals surface area (Å²) in [7, 11) is 0. The second-order valence-electron chi connectivity index (χ2n) is 3.75. The Kier molecular flexibility index (Phi) is 3.58. The molecule has 0 bridgehead atoms. The number of aliphatic hydroxyl groups excluding tert-OH is 1. The van der Waals surface area contributed by atoms with Crippen molar-refractivity contribution in [3.05, 3.63) is 17.0 Å². The molecule has 1 aliphatic rings. The highest BCUT2D eigenvalue weighted by Crippen LogP contribution is 2.24. The second-order valence-corrected chi connectivity index (χ2v) is 4.11. The van der Waals surface area contributed by atoms with E-state index < -0.39 is 0 Å². The van der Waals surface area contributed by atoms with Gasteiger partial charge in [0.15, 0.2) is 0 Å². The van der Waals surface area contributed by atoms with Crippen molar-refractivity contribution in [1.82, 2.24) is 9.97 Å². The topological polar surface area (TPSA) is 58.5 Å². The zero-order valence-electron chi connectivity index (χ0n) is 9.06. The van der Waals surface area contributed by atoms with Gasteiger partial charge in [-0.1, -0.05) is 11.6 Å². The summed E-state index contributed by atoms with van der Waals surface area (Å²) in [6.07, 6.45) is 1.57. The summed E-state index contributed by atoms with van der Waals surface area (Å²) in [5.74, 6) is 0.706. The second kappa shape index (κ2) is 4.95. The number of anilines is 1. The van der Waals surface area contributed by atoms with Crippen LogP contribution >= 0.6 is 11.6 Å². The Hall–Kier alpha value is -0.910. The molecule has 16 heavy (non-hydrogen) atoms. The number of nitrogens with zero attached hydrogens (tertiary/aromatic N) is 3. The third-order valence-electron chi connectivity index (χ3n) is 2.57. The Morgan fingerprint density at radius 2 is 2.44 bits per heavy atom. The normalized spacial score (nSPS) is 21.2. The Bertz CT molecular complexity index is 375. The van der Waals surface area contributed by atoms with Crippen LogP contribution in [0.3, 0.4) is 0 Å². The summed E-state index contributed by atoms with van der Waals surface area (Å²) < 4.78 is 5.45. The predicted octanol–water partition coefficient (Wildman–Crippen LogP) is 0.847. The van der Waals surface area contributed by atoms with Gasteiger partial charge in [0.1, 0.15) is 17.3 Å². The van der Waals surface area contributed by atoms with Crippen molar-refractivity contribution in [3.8, 4) is 0 Å². The van der Waals surface area contributed by atoms with Crippen LogP contribution in [-0.4, -0.2) is 40.9 Å². The fourth-order valence-corrected chi connectivity index (χ4v) is 1.99. The molecule has 1 fully saturated rings. The van der Waals surface area contributed by atoms with Gasteiger partial charge in [0.25, 0.3) is 0 Å². The number of hydrogen-bond donors (Lipinski definition) is 1. The lowest BCUT2D eigenvalue weighted by molar-refractivity contribution is 0.0528. The average Bonchev–Trinajstić information content (AvgIpc) is 2.28. The van der Waals surface area contributed by atoms with Crippen LogP contribution in [-0.2, 0) is 11.3 Å². The molecule has 2 rings (SSSR count). The van der Waals surface area contributed by atoms with E-state index >= 15 is 0 Å². The minimum atomic E-state index is -0.152. The first-order chi connectivity index (χ1) is 7.72. The molecule has 1 N–H and O–H groups in total. The summed E-state index contributed by atoms with van der Waals surface area (Å²) in [6, 6.07) is 0. The van der Waals surface area contributed by atoms with Crippen LogP contribution in [0.5, 0.6) is 0 Å². The van der Waals surface area contributed by atoms with Gasteiger partial charge < -0.3 is 14.7 Å². The smallest absolute Gasteiger partial charge is 0.140 e. The van der Waals surface area contributed by atoms with Crippen molar-refractivity contribution in [2.24, 2.45) is 0 Å². The van der Waals surface area contributed by atoms with Crippen molar-refractivity contribution in [2.45, 2.75) is 19.6 Å². The van der Waals surface area contributed by atoms with E-state index in [2.05, 4.69) is 14.9 Å². The Morgan fingerprint density at radius 1 is 1.62 bits per heavy atom. The maximum absolute atomic E-state index is 9.27. The molecule has 1 aliphatic heterocycles. The van der Waals surface area contributed by atoms with Gasteiger partial charge in [0.05, 0.1) is 24.9 Å². The number of aliphatic hydroxyl groups is 1. The van der Waals surface area contributed by atoms with Gasteiger partial charge in [-0.05, 0) is 6.92 Å². The molecule has 1 saturated heterocycles. The lowest BCUT2D eigenvalue weighted by Gasteiger charge is -2.32. The van der Waals surface area contributed by atoms with Crippen molar-refractivity contribution in [3.63, 3.8) is 0 Å². The van der Waals surface area contributed by atoms with E-state index in [0.29, 0.717) is 23.1 Å². The molecule has 1 aromatic rings. The lowest BCUT2D eigenvalue weighted by atomic mass is 10.2. The maximum atomic E-state index is 9.27. The van der Waals surface area contributed by atoms with Gasteiger partial charge in [0.2, 0.25) is 0 Å². The van der Waals surface area contributed by atoms with Crippen molar-refractivity contribution in [2.75, 3.05) is 24.6 Å². The van der Waals surface area contributed by atoms with Gasteiger partial charge in [-0.2, -0.15) is 0 Å². The van der Waals surface area contributed by atoms with E-state index in [0.717, 1.165) is 13.1 Å². The van der Waals surface area contributed by atoms with Crippen LogP contribution in [0.25, 0.3) is 0 Å². The van der Waals surface area contributed by atoms with Crippen LogP contribution in [0.2, 0.25) is 5.15 Å². The first kappa shape index (κ1) is 11.6. The highest BCUT2D eigenvalue weighted by molar-refractivity contribution is 6.30. The Labute approximate surface area is 99.0 Å². The van der Waals surface area contributed by atoms with E-state index in [1.807, 2.05) is 6.92 Å². The molecule has 2 heterocycles. The number of aromatic nitrogens is 2. The molecule has 5 nitrogen and oxygen atoms in total. The summed E-state index contributed by atoms with van der Waals surface area (Å²) in [6.45, 7) is 4.02. The number of ether oxygens (including phenoxy) is 1. The Balaban J connectivity index is 2.28. The van der Waals surface area contributed by atoms with E-state index in [-0.39, 0.29) is 12.7 Å². The quantitative estimate of drug-likeness (QED) is 0.781. The molecule has 1 atom stereocenters. The third-order valence-corrected chi connectivity index (χ3v) is 2.89. The maximum Gasteiger partial charge on any atom is 0.140 e. The monoisotopic (exact) mass is 243 g/mol. The number of morpholine rings is 1. The molecule has 0 radical (unpaired) electrons. The summed E-state index contributed by atoms with van der Waals surface area (Å²) in [4.78, 5) is 10.1. The highest BCUT2D eigenvalue weighted by atomic mass is 35.5. The fraction of sp³-hybridized carbons (Fsp3) is 0.600. The minimum Gasteiger partial charge on any atom is -0.391 e. The first-order valence-electron chi connectivity index (χ1n) is 5.19. The molecule has 0 amide bonds. The van der Waals surface area contributed by atoms with Crippen LogP contribution in [0.15, 0.2) is 6.33 Å². The van der Waals surface area contributed by atoms with Crippen LogP contribution in [0.1, 0.15) is 12.5 Å². The zero-order valence-corrected chi connectivity index (χ0v) is 9.81. The molecule has 6 heteroatoms. The molecule has 0 aromatic carbocycles. The lowest BCUT2D eigenvalue weighted by Crippen LogP contribution is -2.42. The molecule has 1 unspecified atom stereocenters. The zero-order chi connectivity index (χ0) is 11.5. The summed E-state index contributed by atoms with van der Waals surface area (Å²) in [5.41, 5.74) is 0.582. The standard InChI is InChI=1S/C10H14ClN3O2/c1-7-4-14(2-3-16-7)10-8(5-15)9(11)12-6-13-10/h6-7,15H,2-5H2,1H3. The van der Waals surface area contributed by atoms with Crippen LogP contribution in [0.4, 0.5) is 5.82 Å². The van der Waals surface area contributed by atoms with Crippen LogP contribution < -0.4 is 4.90 Å². The van der Waals surface area contributed by atoms with E-state index in [1.54, 1.807) is 0 Å². The molecule has 0 saturated carbocycles. The molecule has 1 aromatic heterocycles. The molecular weight excluding hydrogens is 230 g/mol. The van der Waals surface area contributed by atoms with Crippen LogP contribution in [0, 0.1) is 0 Å². The third kappa shape index (κ3) is 2.26. The largest absolute Gasteiger partial charge is 0.391 e. The molecule has 88 valence electrons. The molecular formula is C10H14ClN3O2. The van der Waals surface area contributed by atoms with E-state index in [4.69, 9.17) is 16.3 Å². The first-order valence-corrected chi connectivity index (χ1v) is 5.57. The highest BCUT2D eigenvalue weighted by Gasteiger charge is 2.21.